The van der Waals surface area contributed by atoms with Gasteiger partial charge >= 0.3 is 24.1 Å². The molecule has 1 saturated heterocycles. The minimum Gasteiger partial charge on any atom is -0.481 e. The molecule has 1 aromatic heterocycles. The van der Waals surface area contributed by atoms with Crippen LogP contribution in [0.2, 0.25) is 0 Å². The van der Waals surface area contributed by atoms with Crippen molar-refractivity contribution in [2.24, 2.45) is 0 Å². The Morgan fingerprint density at radius 2 is 1.77 bits per heavy atom. The second-order valence-electron chi connectivity index (χ2n) is 9.18. The van der Waals surface area contributed by atoms with Gasteiger partial charge in [0.15, 0.2) is 0 Å². The third kappa shape index (κ3) is 8.66. The number of urea groups is 1. The van der Waals surface area contributed by atoms with E-state index in [9.17, 15) is 32.7 Å². The highest BCUT2D eigenvalue weighted by atomic mass is 19.4. The molecule has 216 valence electrons. The van der Waals surface area contributed by atoms with E-state index in [2.05, 4.69) is 27.8 Å². The molecular formula is C26H30F3N5O6. The van der Waals surface area contributed by atoms with Crippen molar-refractivity contribution in [3.8, 4) is 0 Å². The van der Waals surface area contributed by atoms with Crippen LogP contribution in [0.1, 0.15) is 35.6 Å². The van der Waals surface area contributed by atoms with Crippen molar-refractivity contribution in [3.63, 3.8) is 0 Å². The Morgan fingerprint density at radius 1 is 1.07 bits per heavy atom. The summed E-state index contributed by atoms with van der Waals surface area (Å²) in [6.45, 7) is 3.32. The van der Waals surface area contributed by atoms with Gasteiger partial charge in [-0.15, -0.1) is 0 Å². The SMILES string of the molecule is O=C(O)C(F)(F)F.O=C(O)CC(NC(=O)CCN1CCN(c2ccc3c(c2)CCNCC3)C1=O)c1cccnc1. The Bertz CT molecular complexity index is 1210. The van der Waals surface area contributed by atoms with Crippen molar-refractivity contribution >= 4 is 29.6 Å². The molecule has 0 saturated carbocycles. The number of pyridine rings is 1. The predicted molar refractivity (Wildman–Crippen MR) is 137 cm³/mol. The van der Waals surface area contributed by atoms with Crippen LogP contribution in [-0.2, 0) is 27.2 Å². The Labute approximate surface area is 228 Å². The summed E-state index contributed by atoms with van der Waals surface area (Å²) in [5.41, 5.74) is 4.14. The van der Waals surface area contributed by atoms with Crippen molar-refractivity contribution < 1.29 is 42.6 Å². The molecule has 4 rings (SSSR count). The Morgan fingerprint density at radius 3 is 2.40 bits per heavy atom. The Balaban J connectivity index is 0.000000559. The summed E-state index contributed by atoms with van der Waals surface area (Å²) in [7, 11) is 0. The summed E-state index contributed by atoms with van der Waals surface area (Å²) >= 11 is 0. The predicted octanol–water partition coefficient (Wildman–Crippen LogP) is 2.37. The molecule has 1 aromatic carbocycles. The van der Waals surface area contributed by atoms with Crippen LogP contribution in [0, 0.1) is 0 Å². The molecule has 0 aliphatic carbocycles. The number of carbonyl (C=O) groups excluding carboxylic acids is 2. The van der Waals surface area contributed by atoms with Crippen molar-refractivity contribution in [2.45, 2.75) is 37.9 Å². The van der Waals surface area contributed by atoms with Crippen molar-refractivity contribution in [2.75, 3.05) is 37.6 Å². The number of alkyl halides is 3. The summed E-state index contributed by atoms with van der Waals surface area (Å²) < 4.78 is 31.7. The fourth-order valence-electron chi connectivity index (χ4n) is 4.37. The number of aromatic nitrogens is 1. The van der Waals surface area contributed by atoms with Gasteiger partial charge in [-0.25, -0.2) is 9.59 Å². The number of hydrogen-bond acceptors (Lipinski definition) is 6. The third-order valence-electron chi connectivity index (χ3n) is 6.39. The van der Waals surface area contributed by atoms with E-state index in [0.717, 1.165) is 31.6 Å². The van der Waals surface area contributed by atoms with E-state index >= 15 is 0 Å². The number of carbonyl (C=O) groups is 4. The van der Waals surface area contributed by atoms with Gasteiger partial charge in [-0.3, -0.25) is 19.5 Å². The highest BCUT2D eigenvalue weighted by Crippen LogP contribution is 2.25. The first kappa shape index (κ1) is 30.3. The second-order valence-corrected chi connectivity index (χ2v) is 9.18. The van der Waals surface area contributed by atoms with Gasteiger partial charge in [-0.2, -0.15) is 13.2 Å². The molecule has 1 fully saturated rings. The Kier molecular flexibility index (Phi) is 10.4. The molecule has 11 nitrogen and oxygen atoms in total. The first-order valence-corrected chi connectivity index (χ1v) is 12.6. The van der Waals surface area contributed by atoms with Gasteiger partial charge in [-0.05, 0) is 60.8 Å². The van der Waals surface area contributed by atoms with Crippen LogP contribution < -0.4 is 15.5 Å². The molecule has 3 heterocycles. The van der Waals surface area contributed by atoms with E-state index in [1.807, 2.05) is 6.07 Å². The van der Waals surface area contributed by atoms with Crippen LogP contribution >= 0.6 is 0 Å². The molecule has 2 aliphatic rings. The first-order valence-electron chi connectivity index (χ1n) is 12.6. The number of fused-ring (bicyclic) bond motifs is 1. The van der Waals surface area contributed by atoms with E-state index < -0.39 is 24.2 Å². The van der Waals surface area contributed by atoms with Gasteiger partial charge in [0, 0.05) is 44.1 Å². The van der Waals surface area contributed by atoms with E-state index in [4.69, 9.17) is 9.90 Å². The van der Waals surface area contributed by atoms with Crippen molar-refractivity contribution in [3.05, 3.63) is 59.4 Å². The zero-order chi connectivity index (χ0) is 29.3. The smallest absolute Gasteiger partial charge is 0.481 e. The number of aliphatic carboxylic acids is 2. The Hall–Kier alpha value is -4.20. The fourth-order valence-corrected chi connectivity index (χ4v) is 4.37. The minimum atomic E-state index is -5.08. The highest BCUT2D eigenvalue weighted by molar-refractivity contribution is 5.94. The van der Waals surface area contributed by atoms with Crippen LogP contribution in [0.3, 0.4) is 0 Å². The number of nitrogens with one attached hydrogen (secondary N) is 2. The number of benzene rings is 1. The molecule has 2 aliphatic heterocycles. The van der Waals surface area contributed by atoms with Gasteiger partial charge in [-0.1, -0.05) is 12.1 Å². The number of amides is 3. The van der Waals surface area contributed by atoms with Crippen LogP contribution in [0.5, 0.6) is 0 Å². The van der Waals surface area contributed by atoms with E-state index in [1.165, 1.54) is 11.1 Å². The number of rotatable bonds is 8. The lowest BCUT2D eigenvalue weighted by atomic mass is 10.0. The van der Waals surface area contributed by atoms with Gasteiger partial charge in [0.1, 0.15) is 0 Å². The monoisotopic (exact) mass is 565 g/mol. The summed E-state index contributed by atoms with van der Waals surface area (Å²) in [4.78, 5) is 53.1. The topological polar surface area (TPSA) is 152 Å². The molecule has 1 atom stereocenters. The molecule has 1 unspecified atom stereocenters. The molecule has 0 radical (unpaired) electrons. The van der Waals surface area contributed by atoms with Crippen LogP contribution in [0.25, 0.3) is 0 Å². The molecule has 4 N–H and O–H groups in total. The first-order chi connectivity index (χ1) is 19.0. The number of carboxylic acid groups (broad SMARTS) is 2. The van der Waals surface area contributed by atoms with Crippen LogP contribution in [0.15, 0.2) is 42.7 Å². The van der Waals surface area contributed by atoms with Gasteiger partial charge in [0.05, 0.1) is 12.5 Å². The highest BCUT2D eigenvalue weighted by Gasteiger charge is 2.38. The van der Waals surface area contributed by atoms with Gasteiger partial charge in [0.25, 0.3) is 0 Å². The average Bonchev–Trinajstić information content (AvgIpc) is 3.11. The zero-order valence-corrected chi connectivity index (χ0v) is 21.5. The second kappa shape index (κ2) is 13.7. The maximum atomic E-state index is 13.0. The maximum Gasteiger partial charge on any atom is 0.490 e. The average molecular weight is 566 g/mol. The van der Waals surface area contributed by atoms with E-state index in [1.54, 1.807) is 34.3 Å². The number of halogens is 3. The molecular weight excluding hydrogens is 535 g/mol. The number of hydrogen-bond donors (Lipinski definition) is 4. The largest absolute Gasteiger partial charge is 0.490 e. The minimum absolute atomic E-state index is 0.103. The molecule has 40 heavy (non-hydrogen) atoms. The standard InChI is InChI=1S/C24H29N5O4.C2HF3O2/c30-22(27-21(15-23(31)32)19-2-1-8-26-16-19)7-11-28-12-13-29(24(28)33)20-4-3-17-5-9-25-10-6-18(17)14-20;3-2(4,5)1(6)7/h1-4,8,14,16,21,25H,5-7,9-13,15H2,(H,27,30)(H,31,32);(H,6,7). The fraction of sp³-hybridized carbons (Fsp3) is 0.423. The molecule has 0 spiro atoms. The number of nitrogens with zero attached hydrogens (tertiary/aromatic N) is 3. The summed E-state index contributed by atoms with van der Waals surface area (Å²) in [6, 6.07) is 8.89. The van der Waals surface area contributed by atoms with Crippen LogP contribution in [-0.4, -0.2) is 82.9 Å². The summed E-state index contributed by atoms with van der Waals surface area (Å²) in [6.07, 6.45) is -0.134. The molecule has 14 heteroatoms. The molecule has 2 aromatic rings. The lowest BCUT2D eigenvalue weighted by Crippen LogP contribution is -2.36. The number of anilines is 1. The van der Waals surface area contributed by atoms with Gasteiger partial charge in [0.2, 0.25) is 5.91 Å². The normalized spacial score (nSPS) is 15.8. The lowest BCUT2D eigenvalue weighted by Gasteiger charge is -2.21. The maximum absolute atomic E-state index is 13.0. The number of carboxylic acids is 2. The van der Waals surface area contributed by atoms with Crippen molar-refractivity contribution in [1.82, 2.24) is 20.5 Å². The quantitative estimate of drug-likeness (QED) is 0.381. The molecule has 0 bridgehead atoms. The molecule has 3 amide bonds. The zero-order valence-electron chi connectivity index (χ0n) is 21.5. The van der Waals surface area contributed by atoms with Gasteiger partial charge < -0.3 is 25.7 Å². The van der Waals surface area contributed by atoms with Crippen LogP contribution in [0.4, 0.5) is 23.7 Å². The summed E-state index contributed by atoms with van der Waals surface area (Å²) in [5.74, 6) is -4.06. The van der Waals surface area contributed by atoms with E-state index in [-0.39, 0.29) is 31.3 Å². The third-order valence-corrected chi connectivity index (χ3v) is 6.39. The van der Waals surface area contributed by atoms with Crippen molar-refractivity contribution in [1.29, 1.82) is 0 Å². The lowest BCUT2D eigenvalue weighted by molar-refractivity contribution is -0.192. The summed E-state index contributed by atoms with van der Waals surface area (Å²) in [5, 5.41) is 22.5. The van der Waals surface area contributed by atoms with E-state index in [0.29, 0.717) is 18.7 Å².